The summed E-state index contributed by atoms with van der Waals surface area (Å²) in [5.74, 6) is 1.06. The maximum Gasteiger partial charge on any atom is 0.205 e. The van der Waals surface area contributed by atoms with Crippen LogP contribution in [0.25, 0.3) is 0 Å². The van der Waals surface area contributed by atoms with Gasteiger partial charge in [0.1, 0.15) is 24.0 Å². The predicted molar refractivity (Wildman–Crippen MR) is 127 cm³/mol. The van der Waals surface area contributed by atoms with E-state index >= 15 is 0 Å². The van der Waals surface area contributed by atoms with Crippen molar-refractivity contribution in [3.8, 4) is 17.6 Å². The molecule has 2 aromatic carbocycles. The number of ketones is 1. The van der Waals surface area contributed by atoms with Crippen molar-refractivity contribution in [3.05, 3.63) is 80.3 Å². The van der Waals surface area contributed by atoms with Crippen LogP contribution >= 0.6 is 15.9 Å². The van der Waals surface area contributed by atoms with Crippen LogP contribution in [-0.2, 0) is 16.1 Å². The molecule has 0 unspecified atom stereocenters. The van der Waals surface area contributed by atoms with Crippen LogP contribution in [0.5, 0.6) is 11.5 Å². The van der Waals surface area contributed by atoms with Gasteiger partial charge in [-0.1, -0.05) is 45.8 Å². The van der Waals surface area contributed by atoms with Gasteiger partial charge in [-0.3, -0.25) is 4.79 Å². The molecule has 170 valence electrons. The summed E-state index contributed by atoms with van der Waals surface area (Å²) in [7, 11) is 0. The molecule has 0 amide bonds. The number of allylic oxidation sites excluding steroid dienone is 3. The van der Waals surface area contributed by atoms with Crippen LogP contribution in [0.3, 0.4) is 0 Å². The Balaban J connectivity index is 1.75. The van der Waals surface area contributed by atoms with Crippen molar-refractivity contribution < 1.29 is 19.0 Å². The number of nitrogens with zero attached hydrogens (tertiary/aromatic N) is 1. The van der Waals surface area contributed by atoms with Crippen molar-refractivity contribution in [2.75, 3.05) is 6.61 Å². The van der Waals surface area contributed by atoms with E-state index in [9.17, 15) is 10.1 Å². The summed E-state index contributed by atoms with van der Waals surface area (Å²) in [4.78, 5) is 12.9. The molecule has 7 heteroatoms. The molecule has 1 aliphatic heterocycles. The highest BCUT2D eigenvalue weighted by Gasteiger charge is 2.39. The van der Waals surface area contributed by atoms with Gasteiger partial charge in [-0.2, -0.15) is 5.26 Å². The second kappa shape index (κ2) is 9.72. The summed E-state index contributed by atoms with van der Waals surface area (Å²) in [6.07, 6.45) is 1.74. The second-order valence-electron chi connectivity index (χ2n) is 8.07. The zero-order valence-electron chi connectivity index (χ0n) is 18.6. The summed E-state index contributed by atoms with van der Waals surface area (Å²) in [5.41, 5.74) is 9.75. The molecule has 2 aromatic rings. The third-order valence-corrected chi connectivity index (χ3v) is 6.48. The van der Waals surface area contributed by atoms with Crippen molar-refractivity contribution in [1.29, 1.82) is 5.26 Å². The van der Waals surface area contributed by atoms with E-state index in [0.29, 0.717) is 65.3 Å². The third-order valence-electron chi connectivity index (χ3n) is 5.79. The van der Waals surface area contributed by atoms with E-state index in [4.69, 9.17) is 19.9 Å². The smallest absolute Gasteiger partial charge is 0.205 e. The summed E-state index contributed by atoms with van der Waals surface area (Å²) < 4.78 is 18.3. The SMILES string of the molecule is CCOc1cc([C@H]2C(C#N)=C(N)OC3=C2C(=O)CCC3)c(Br)cc1OCc1ccc(C)cc1. The lowest BCUT2D eigenvalue weighted by Gasteiger charge is -2.31. The lowest BCUT2D eigenvalue weighted by atomic mass is 9.77. The molecular weight excluding hydrogens is 484 g/mol. The number of rotatable bonds is 6. The fraction of sp³-hybridized carbons (Fsp3) is 0.308. The number of hydrogen-bond donors (Lipinski definition) is 1. The van der Waals surface area contributed by atoms with Crippen LogP contribution in [-0.4, -0.2) is 12.4 Å². The molecule has 1 heterocycles. The van der Waals surface area contributed by atoms with Crippen molar-refractivity contribution >= 4 is 21.7 Å². The molecule has 1 aliphatic carbocycles. The van der Waals surface area contributed by atoms with Gasteiger partial charge in [0.25, 0.3) is 0 Å². The molecule has 0 saturated carbocycles. The maximum absolute atomic E-state index is 12.9. The van der Waals surface area contributed by atoms with Gasteiger partial charge in [0, 0.05) is 22.9 Å². The van der Waals surface area contributed by atoms with E-state index in [1.807, 2.05) is 50.2 Å². The molecule has 1 atom stereocenters. The average molecular weight is 509 g/mol. The monoisotopic (exact) mass is 508 g/mol. The molecule has 0 radical (unpaired) electrons. The molecule has 2 aliphatic rings. The van der Waals surface area contributed by atoms with Crippen LogP contribution < -0.4 is 15.2 Å². The van der Waals surface area contributed by atoms with Crippen LogP contribution in [0.4, 0.5) is 0 Å². The highest BCUT2D eigenvalue weighted by molar-refractivity contribution is 9.10. The summed E-state index contributed by atoms with van der Waals surface area (Å²) in [6, 6.07) is 13.9. The number of hydrogen-bond acceptors (Lipinski definition) is 6. The molecular formula is C26H25BrN2O4. The zero-order valence-corrected chi connectivity index (χ0v) is 20.2. The minimum Gasteiger partial charge on any atom is -0.490 e. The zero-order chi connectivity index (χ0) is 23.5. The van der Waals surface area contributed by atoms with Gasteiger partial charge in [-0.25, -0.2) is 0 Å². The fourth-order valence-electron chi connectivity index (χ4n) is 4.17. The van der Waals surface area contributed by atoms with Gasteiger partial charge >= 0.3 is 0 Å². The number of halogens is 1. The first-order valence-electron chi connectivity index (χ1n) is 10.9. The molecule has 0 fully saturated rings. The van der Waals surface area contributed by atoms with Gasteiger partial charge in [-0.05, 0) is 43.5 Å². The predicted octanol–water partition coefficient (Wildman–Crippen LogP) is 5.55. The fourth-order valence-corrected chi connectivity index (χ4v) is 4.72. The van der Waals surface area contributed by atoms with Gasteiger partial charge < -0.3 is 19.9 Å². The van der Waals surface area contributed by atoms with Crippen LogP contribution in [0.1, 0.15) is 48.8 Å². The number of aryl methyl sites for hydroxylation is 1. The van der Waals surface area contributed by atoms with Crippen LogP contribution in [0.15, 0.2) is 63.7 Å². The molecule has 33 heavy (non-hydrogen) atoms. The van der Waals surface area contributed by atoms with Crippen molar-refractivity contribution in [3.63, 3.8) is 0 Å². The minimum absolute atomic E-state index is 0.0222. The van der Waals surface area contributed by atoms with Gasteiger partial charge in [0.2, 0.25) is 5.88 Å². The first-order valence-corrected chi connectivity index (χ1v) is 11.7. The Bertz CT molecular complexity index is 1190. The van der Waals surface area contributed by atoms with Crippen LogP contribution in [0.2, 0.25) is 0 Å². The number of nitriles is 1. The van der Waals surface area contributed by atoms with E-state index in [1.54, 1.807) is 0 Å². The van der Waals surface area contributed by atoms with Crippen LogP contribution in [0, 0.1) is 18.3 Å². The van der Waals surface area contributed by atoms with E-state index in [1.165, 1.54) is 5.56 Å². The standard InChI is InChI=1S/C26H25BrN2O4/c1-3-31-22-11-17(19(27)12-23(22)32-14-16-9-7-15(2)8-10-16)24-18(13-28)26(29)33-21-6-4-5-20(30)25(21)24/h7-12,24H,3-6,14,29H2,1-2H3/t24-/m0/s1. The summed E-state index contributed by atoms with van der Waals surface area (Å²) in [6.45, 7) is 4.75. The third kappa shape index (κ3) is 4.62. The summed E-state index contributed by atoms with van der Waals surface area (Å²) in [5, 5.41) is 9.84. The largest absolute Gasteiger partial charge is 0.490 e. The first-order chi connectivity index (χ1) is 15.9. The quantitative estimate of drug-likeness (QED) is 0.549. The van der Waals surface area contributed by atoms with Crippen molar-refractivity contribution in [2.45, 2.75) is 45.6 Å². The highest BCUT2D eigenvalue weighted by Crippen LogP contribution is 2.47. The van der Waals surface area contributed by atoms with Gasteiger partial charge in [0.15, 0.2) is 17.3 Å². The molecule has 6 nitrogen and oxygen atoms in total. The lowest BCUT2D eigenvalue weighted by Crippen LogP contribution is -2.27. The average Bonchev–Trinajstić information content (AvgIpc) is 2.79. The molecule has 0 bridgehead atoms. The Labute approximate surface area is 201 Å². The Morgan fingerprint density at radius 3 is 2.61 bits per heavy atom. The number of ether oxygens (including phenoxy) is 3. The Kier molecular flexibility index (Phi) is 6.75. The number of carbonyl (C=O) groups excluding carboxylic acids is 1. The summed E-state index contributed by atoms with van der Waals surface area (Å²) >= 11 is 3.63. The topological polar surface area (TPSA) is 94.6 Å². The number of nitrogens with two attached hydrogens (primary N) is 1. The Morgan fingerprint density at radius 1 is 1.18 bits per heavy atom. The molecule has 0 aromatic heterocycles. The molecule has 0 saturated heterocycles. The second-order valence-corrected chi connectivity index (χ2v) is 8.92. The maximum atomic E-state index is 12.9. The van der Waals surface area contributed by atoms with Crippen molar-refractivity contribution in [1.82, 2.24) is 0 Å². The number of Topliss-reactive ketones (excluding diaryl/α,β-unsaturated/α-hetero) is 1. The number of carbonyl (C=O) groups is 1. The minimum atomic E-state index is -0.619. The van der Waals surface area contributed by atoms with E-state index < -0.39 is 5.92 Å². The van der Waals surface area contributed by atoms with Crippen molar-refractivity contribution in [2.24, 2.45) is 5.73 Å². The first kappa shape index (κ1) is 22.9. The Morgan fingerprint density at radius 2 is 1.91 bits per heavy atom. The Hall–Kier alpha value is -3.24. The normalized spacial score (nSPS) is 17.9. The van der Waals surface area contributed by atoms with Gasteiger partial charge in [-0.15, -0.1) is 0 Å². The van der Waals surface area contributed by atoms with E-state index in [2.05, 4.69) is 22.0 Å². The molecule has 4 rings (SSSR count). The molecule has 0 spiro atoms. The molecule has 2 N–H and O–H groups in total. The highest BCUT2D eigenvalue weighted by atomic mass is 79.9. The lowest BCUT2D eigenvalue weighted by molar-refractivity contribution is -0.116. The van der Waals surface area contributed by atoms with E-state index in [0.717, 1.165) is 5.56 Å². The van der Waals surface area contributed by atoms with E-state index in [-0.39, 0.29) is 17.2 Å². The van der Waals surface area contributed by atoms with Gasteiger partial charge in [0.05, 0.1) is 12.5 Å². The number of benzene rings is 2.